The van der Waals surface area contributed by atoms with Gasteiger partial charge in [-0.15, -0.1) is 0 Å². The van der Waals surface area contributed by atoms with Crippen molar-refractivity contribution < 1.29 is 17.9 Å². The maximum absolute atomic E-state index is 12.5. The molecule has 0 saturated heterocycles. The lowest BCUT2D eigenvalue weighted by Gasteiger charge is -2.18. The van der Waals surface area contributed by atoms with E-state index in [-0.39, 0.29) is 12.3 Å². The number of nitrogens with one attached hydrogen (secondary N) is 2. The van der Waals surface area contributed by atoms with E-state index in [2.05, 4.69) is 10.0 Å². The van der Waals surface area contributed by atoms with Crippen LogP contribution in [0.4, 0.5) is 5.69 Å². The summed E-state index contributed by atoms with van der Waals surface area (Å²) in [6.07, 6.45) is 0.994. The molecule has 2 aromatic rings. The highest BCUT2D eigenvalue weighted by Crippen LogP contribution is 2.25. The van der Waals surface area contributed by atoms with Gasteiger partial charge < -0.3 is 10.1 Å². The molecule has 0 aliphatic rings. The number of rotatable bonds is 7. The van der Waals surface area contributed by atoms with Gasteiger partial charge in [0.25, 0.3) is 0 Å². The maximum atomic E-state index is 12.5. The molecule has 6 nitrogen and oxygen atoms in total. The molecule has 0 saturated carbocycles. The summed E-state index contributed by atoms with van der Waals surface area (Å²) in [5, 5.41) is 3.32. The van der Waals surface area contributed by atoms with Crippen LogP contribution in [0.1, 0.15) is 23.6 Å². The van der Waals surface area contributed by atoms with Crippen LogP contribution in [-0.2, 0) is 14.8 Å². The van der Waals surface area contributed by atoms with Gasteiger partial charge in [-0.1, -0.05) is 29.8 Å². The standard InChI is InChI=1S/C18H21ClN2O4S/c1-12-15(19)5-4-6-16(12)20-18(22)11-17(21-26(3,23)24)13-7-9-14(25-2)10-8-13/h4-10,17,21H,11H2,1-3H3,(H,20,22). The molecule has 0 radical (unpaired) electrons. The molecule has 1 unspecified atom stereocenters. The lowest BCUT2D eigenvalue weighted by atomic mass is 10.0. The Morgan fingerprint density at radius 2 is 1.85 bits per heavy atom. The minimum atomic E-state index is -3.50. The van der Waals surface area contributed by atoms with E-state index in [9.17, 15) is 13.2 Å². The number of sulfonamides is 1. The molecule has 0 aromatic heterocycles. The number of carbonyl (C=O) groups is 1. The number of amides is 1. The van der Waals surface area contributed by atoms with Crippen molar-refractivity contribution in [2.24, 2.45) is 0 Å². The second kappa shape index (κ2) is 8.53. The highest BCUT2D eigenvalue weighted by molar-refractivity contribution is 7.88. The van der Waals surface area contributed by atoms with Gasteiger partial charge in [0.05, 0.1) is 19.4 Å². The van der Waals surface area contributed by atoms with Crippen LogP contribution in [0.25, 0.3) is 0 Å². The second-order valence-electron chi connectivity index (χ2n) is 5.88. The maximum Gasteiger partial charge on any atom is 0.226 e. The fraction of sp³-hybridized carbons (Fsp3) is 0.278. The van der Waals surface area contributed by atoms with Crippen LogP contribution in [0.2, 0.25) is 5.02 Å². The van der Waals surface area contributed by atoms with Gasteiger partial charge in [0.1, 0.15) is 5.75 Å². The van der Waals surface area contributed by atoms with Crippen molar-refractivity contribution in [3.63, 3.8) is 0 Å². The van der Waals surface area contributed by atoms with Crippen molar-refractivity contribution >= 4 is 33.2 Å². The first-order chi connectivity index (χ1) is 12.2. The molecule has 0 aliphatic carbocycles. The van der Waals surface area contributed by atoms with E-state index in [0.717, 1.165) is 11.8 Å². The van der Waals surface area contributed by atoms with E-state index >= 15 is 0 Å². The molecule has 2 N–H and O–H groups in total. The zero-order valence-electron chi connectivity index (χ0n) is 14.7. The normalized spacial score (nSPS) is 12.5. The number of halogens is 1. The fourth-order valence-corrected chi connectivity index (χ4v) is 3.36. The fourth-order valence-electron chi connectivity index (χ4n) is 2.45. The molecule has 140 valence electrons. The highest BCUT2D eigenvalue weighted by atomic mass is 35.5. The zero-order chi connectivity index (χ0) is 19.3. The Morgan fingerprint density at radius 1 is 1.19 bits per heavy atom. The van der Waals surface area contributed by atoms with Crippen LogP contribution in [-0.4, -0.2) is 27.7 Å². The summed E-state index contributed by atoms with van der Waals surface area (Å²) in [4.78, 5) is 12.5. The van der Waals surface area contributed by atoms with Gasteiger partial charge in [0.2, 0.25) is 15.9 Å². The monoisotopic (exact) mass is 396 g/mol. The third-order valence-electron chi connectivity index (χ3n) is 3.81. The van der Waals surface area contributed by atoms with E-state index in [1.807, 2.05) is 0 Å². The molecule has 0 fully saturated rings. The van der Waals surface area contributed by atoms with Crippen molar-refractivity contribution in [3.8, 4) is 5.75 Å². The molecule has 2 aromatic carbocycles. The molecule has 0 heterocycles. The minimum absolute atomic E-state index is 0.0641. The molecule has 1 atom stereocenters. The summed E-state index contributed by atoms with van der Waals surface area (Å²) < 4.78 is 31.0. The number of ether oxygens (including phenoxy) is 1. The Balaban J connectivity index is 2.19. The quantitative estimate of drug-likeness (QED) is 0.752. The molecule has 0 bridgehead atoms. The zero-order valence-corrected chi connectivity index (χ0v) is 16.3. The Morgan fingerprint density at radius 3 is 2.42 bits per heavy atom. The molecule has 8 heteroatoms. The van der Waals surface area contributed by atoms with Gasteiger partial charge in [-0.2, -0.15) is 0 Å². The number of benzene rings is 2. The van der Waals surface area contributed by atoms with Crippen molar-refractivity contribution in [1.29, 1.82) is 0 Å². The van der Waals surface area contributed by atoms with Gasteiger partial charge >= 0.3 is 0 Å². The molecule has 1 amide bonds. The van der Waals surface area contributed by atoms with Crippen LogP contribution in [0.3, 0.4) is 0 Å². The van der Waals surface area contributed by atoms with Crippen LogP contribution < -0.4 is 14.8 Å². The summed E-state index contributed by atoms with van der Waals surface area (Å²) in [5.41, 5.74) is 2.00. The average Bonchev–Trinajstić information content (AvgIpc) is 2.57. The van der Waals surface area contributed by atoms with Gasteiger partial charge in [0, 0.05) is 17.1 Å². The SMILES string of the molecule is COc1ccc(C(CC(=O)Nc2cccc(Cl)c2C)NS(C)(=O)=O)cc1. The van der Waals surface area contributed by atoms with Gasteiger partial charge in [-0.05, 0) is 42.3 Å². The number of anilines is 1. The molecular weight excluding hydrogens is 376 g/mol. The number of methoxy groups -OCH3 is 1. The smallest absolute Gasteiger partial charge is 0.226 e. The third kappa shape index (κ3) is 5.72. The van der Waals surface area contributed by atoms with Crippen LogP contribution in [0.15, 0.2) is 42.5 Å². The Bertz CT molecular complexity index is 883. The molecular formula is C18H21ClN2O4S. The van der Waals surface area contributed by atoms with Gasteiger partial charge in [-0.25, -0.2) is 13.1 Å². The second-order valence-corrected chi connectivity index (χ2v) is 8.07. The first-order valence-electron chi connectivity index (χ1n) is 7.86. The highest BCUT2D eigenvalue weighted by Gasteiger charge is 2.20. The lowest BCUT2D eigenvalue weighted by molar-refractivity contribution is -0.116. The van der Waals surface area contributed by atoms with Gasteiger partial charge in [0.15, 0.2) is 0 Å². The van der Waals surface area contributed by atoms with Crippen LogP contribution >= 0.6 is 11.6 Å². The number of hydrogen-bond acceptors (Lipinski definition) is 4. The predicted molar refractivity (Wildman–Crippen MR) is 103 cm³/mol. The summed E-state index contributed by atoms with van der Waals surface area (Å²) >= 11 is 6.06. The first kappa shape index (κ1) is 20.2. The largest absolute Gasteiger partial charge is 0.497 e. The first-order valence-corrected chi connectivity index (χ1v) is 10.1. The summed E-state index contributed by atoms with van der Waals surface area (Å²) in [6.45, 7) is 1.80. The molecule has 0 spiro atoms. The van der Waals surface area contributed by atoms with E-state index < -0.39 is 16.1 Å². The van der Waals surface area contributed by atoms with Crippen molar-refractivity contribution in [1.82, 2.24) is 4.72 Å². The van der Waals surface area contributed by atoms with Crippen LogP contribution in [0, 0.1) is 6.92 Å². The van der Waals surface area contributed by atoms with E-state index in [0.29, 0.717) is 22.0 Å². The van der Waals surface area contributed by atoms with Crippen molar-refractivity contribution in [3.05, 3.63) is 58.6 Å². The Kier molecular flexibility index (Phi) is 6.63. The summed E-state index contributed by atoms with van der Waals surface area (Å²) in [6, 6.07) is 11.4. The third-order valence-corrected chi connectivity index (χ3v) is 4.93. The predicted octanol–water partition coefficient (Wildman–Crippen LogP) is 3.28. The minimum Gasteiger partial charge on any atom is -0.497 e. The lowest BCUT2D eigenvalue weighted by Crippen LogP contribution is -2.30. The van der Waals surface area contributed by atoms with E-state index in [4.69, 9.17) is 16.3 Å². The summed E-state index contributed by atoms with van der Waals surface area (Å²) in [7, 11) is -1.96. The van der Waals surface area contributed by atoms with E-state index in [1.54, 1.807) is 56.5 Å². The molecule has 0 aliphatic heterocycles. The molecule has 2 rings (SSSR count). The number of carbonyl (C=O) groups excluding carboxylic acids is 1. The number of hydrogen-bond donors (Lipinski definition) is 2. The summed E-state index contributed by atoms with van der Waals surface area (Å²) in [5.74, 6) is 0.318. The Hall–Kier alpha value is -2.09. The molecule has 26 heavy (non-hydrogen) atoms. The van der Waals surface area contributed by atoms with Crippen molar-refractivity contribution in [2.75, 3.05) is 18.7 Å². The van der Waals surface area contributed by atoms with E-state index in [1.165, 1.54) is 0 Å². The van der Waals surface area contributed by atoms with Gasteiger partial charge in [-0.3, -0.25) is 4.79 Å². The topological polar surface area (TPSA) is 84.5 Å². The van der Waals surface area contributed by atoms with Crippen molar-refractivity contribution in [2.45, 2.75) is 19.4 Å². The average molecular weight is 397 g/mol. The Labute approximate surface area is 158 Å². The van der Waals surface area contributed by atoms with Crippen LogP contribution in [0.5, 0.6) is 5.75 Å².